The van der Waals surface area contributed by atoms with E-state index in [0.29, 0.717) is 17.2 Å². The van der Waals surface area contributed by atoms with Gasteiger partial charge in [-0.15, -0.1) is 0 Å². The quantitative estimate of drug-likeness (QED) is 0.0562. The number of carbonyl (C=O) groups excluding carboxylic acids is 2. The second-order valence-electron chi connectivity index (χ2n) is 10.1. The lowest BCUT2D eigenvalue weighted by Gasteiger charge is -2.06. The van der Waals surface area contributed by atoms with Gasteiger partial charge in [0.15, 0.2) is 0 Å². The second kappa shape index (κ2) is 20.5. The molecule has 2 aromatic carbocycles. The molecule has 0 aliphatic carbocycles. The molecule has 214 valence electrons. The predicted octanol–water partition coefficient (Wildman–Crippen LogP) is 9.92. The van der Waals surface area contributed by atoms with Gasteiger partial charge in [-0.2, -0.15) is 5.10 Å². The number of nitrogens with one attached hydrogen (secondary N) is 1. The van der Waals surface area contributed by atoms with E-state index >= 15 is 0 Å². The summed E-state index contributed by atoms with van der Waals surface area (Å²) in [6, 6.07) is 11.4. The average molecular weight is 576 g/mol. The lowest BCUT2D eigenvalue weighted by atomic mass is 10.0. The zero-order valence-electron chi connectivity index (χ0n) is 23.4. The number of hydrogen-bond donors (Lipinski definition) is 1. The first-order valence-corrected chi connectivity index (χ1v) is 15.3. The number of carbonyl (C=O) groups is 2. The zero-order valence-corrected chi connectivity index (χ0v) is 24.9. The van der Waals surface area contributed by atoms with Crippen molar-refractivity contribution >= 4 is 41.3 Å². The van der Waals surface area contributed by atoms with Gasteiger partial charge < -0.3 is 4.74 Å². The highest BCUT2D eigenvalue weighted by atomic mass is 35.5. The largest absolute Gasteiger partial charge is 0.423 e. The maximum absolute atomic E-state index is 12.3. The first-order valence-electron chi connectivity index (χ1n) is 14.6. The van der Waals surface area contributed by atoms with Crippen LogP contribution in [0.25, 0.3) is 0 Å². The first kappa shape index (κ1) is 32.8. The van der Waals surface area contributed by atoms with Crippen LogP contribution in [0.2, 0.25) is 10.0 Å². The minimum absolute atomic E-state index is 0.0775. The molecular weight excluding hydrogens is 531 g/mol. The lowest BCUT2D eigenvalue weighted by molar-refractivity contribution is -0.121. The molecule has 0 saturated heterocycles. The molecule has 0 aliphatic rings. The van der Waals surface area contributed by atoms with Crippen molar-refractivity contribution in [2.24, 2.45) is 5.10 Å². The number of hydrogen-bond acceptors (Lipinski definition) is 4. The highest BCUT2D eigenvalue weighted by Gasteiger charge is 2.13. The van der Waals surface area contributed by atoms with Crippen LogP contribution >= 0.6 is 23.2 Å². The van der Waals surface area contributed by atoms with E-state index in [1.54, 1.807) is 36.5 Å². The Morgan fingerprint density at radius 1 is 0.769 bits per heavy atom. The minimum Gasteiger partial charge on any atom is -0.423 e. The first-order chi connectivity index (χ1) is 19.0. The summed E-state index contributed by atoms with van der Waals surface area (Å²) < 4.78 is 5.36. The van der Waals surface area contributed by atoms with Crippen LogP contribution < -0.4 is 10.2 Å². The number of rotatable bonds is 20. The summed E-state index contributed by atoms with van der Waals surface area (Å²) in [5.41, 5.74) is 3.59. The molecule has 7 heteroatoms. The predicted molar refractivity (Wildman–Crippen MR) is 163 cm³/mol. The number of amides is 1. The summed E-state index contributed by atoms with van der Waals surface area (Å²) in [5, 5.41) is 4.70. The van der Waals surface area contributed by atoms with E-state index in [1.807, 2.05) is 0 Å². The summed E-state index contributed by atoms with van der Waals surface area (Å²) in [6.07, 6.45) is 21.6. The van der Waals surface area contributed by atoms with Crippen molar-refractivity contribution in [2.45, 2.75) is 110 Å². The molecule has 0 heterocycles. The molecule has 0 saturated carbocycles. The van der Waals surface area contributed by atoms with Crippen LogP contribution in [0.5, 0.6) is 5.75 Å². The van der Waals surface area contributed by atoms with Gasteiger partial charge in [-0.3, -0.25) is 4.79 Å². The smallest absolute Gasteiger partial charge is 0.345 e. The van der Waals surface area contributed by atoms with Crippen LogP contribution in [-0.2, 0) is 4.79 Å². The molecule has 0 fully saturated rings. The van der Waals surface area contributed by atoms with Crippen LogP contribution in [0.4, 0.5) is 0 Å². The minimum atomic E-state index is -0.566. The monoisotopic (exact) mass is 574 g/mol. The number of nitrogens with zero attached hydrogens (tertiary/aromatic N) is 1. The van der Waals surface area contributed by atoms with Gasteiger partial charge in [0.05, 0.1) is 16.8 Å². The number of ether oxygens (including phenoxy) is 1. The SMILES string of the molecule is CCCCCCCCCCCCCCCCCC(=O)N/N=C/c1ccc(OC(=O)c2ccc(Cl)cc2Cl)cc1. The van der Waals surface area contributed by atoms with Crippen molar-refractivity contribution in [1.82, 2.24) is 5.43 Å². The summed E-state index contributed by atoms with van der Waals surface area (Å²) in [4.78, 5) is 24.3. The van der Waals surface area contributed by atoms with Crippen molar-refractivity contribution in [3.05, 3.63) is 63.6 Å². The number of hydrazone groups is 1. The Bertz CT molecular complexity index is 1010. The Hall–Kier alpha value is -2.37. The van der Waals surface area contributed by atoms with Gasteiger partial charge in [-0.05, 0) is 54.4 Å². The topological polar surface area (TPSA) is 67.8 Å². The molecule has 0 bridgehead atoms. The van der Waals surface area contributed by atoms with Crippen LogP contribution in [0.15, 0.2) is 47.6 Å². The number of benzene rings is 2. The van der Waals surface area contributed by atoms with Crippen LogP contribution in [0.3, 0.4) is 0 Å². The standard InChI is InChI=1S/C32H44Cl2N2O3/c1-2-3-4-5-6-7-8-9-10-11-12-13-14-15-16-17-31(37)36-35-25-26-18-21-28(22-19-26)39-32(38)29-23-20-27(33)24-30(29)34/h18-25H,2-17H2,1H3,(H,36,37)/b35-25+. The fourth-order valence-electron chi connectivity index (χ4n) is 4.33. The Balaban J connectivity index is 1.48. The van der Waals surface area contributed by atoms with E-state index in [2.05, 4.69) is 17.5 Å². The molecule has 2 rings (SSSR count). The van der Waals surface area contributed by atoms with Crippen LogP contribution in [-0.4, -0.2) is 18.1 Å². The highest BCUT2D eigenvalue weighted by molar-refractivity contribution is 6.36. The summed E-state index contributed by atoms with van der Waals surface area (Å²) in [5.74, 6) is -0.268. The molecule has 0 aliphatic heterocycles. The summed E-state index contributed by atoms with van der Waals surface area (Å²) in [7, 11) is 0. The fraction of sp³-hybridized carbons (Fsp3) is 0.531. The van der Waals surface area contributed by atoms with Gasteiger partial charge in [-0.25, -0.2) is 10.2 Å². The van der Waals surface area contributed by atoms with Crippen molar-refractivity contribution < 1.29 is 14.3 Å². The van der Waals surface area contributed by atoms with E-state index < -0.39 is 5.97 Å². The summed E-state index contributed by atoms with van der Waals surface area (Å²) >= 11 is 11.9. The Morgan fingerprint density at radius 2 is 1.31 bits per heavy atom. The normalized spacial score (nSPS) is 11.2. The van der Waals surface area contributed by atoms with E-state index in [4.69, 9.17) is 27.9 Å². The van der Waals surface area contributed by atoms with Gasteiger partial charge >= 0.3 is 5.97 Å². The Kier molecular flexibility index (Phi) is 17.3. The molecule has 1 N–H and O–H groups in total. The number of unbranched alkanes of at least 4 members (excludes halogenated alkanes) is 14. The molecule has 2 aromatic rings. The Labute approximate surface area is 244 Å². The number of esters is 1. The highest BCUT2D eigenvalue weighted by Crippen LogP contribution is 2.23. The van der Waals surface area contributed by atoms with Crippen molar-refractivity contribution in [2.75, 3.05) is 0 Å². The maximum atomic E-state index is 12.3. The van der Waals surface area contributed by atoms with E-state index in [9.17, 15) is 9.59 Å². The van der Waals surface area contributed by atoms with Gasteiger partial charge in [0, 0.05) is 11.4 Å². The third-order valence-corrected chi connectivity index (χ3v) is 7.20. The molecule has 39 heavy (non-hydrogen) atoms. The average Bonchev–Trinajstić information content (AvgIpc) is 2.91. The van der Waals surface area contributed by atoms with E-state index in [-0.39, 0.29) is 16.5 Å². The van der Waals surface area contributed by atoms with Crippen molar-refractivity contribution in [3.8, 4) is 5.75 Å². The molecular formula is C32H44Cl2N2O3. The molecule has 0 spiro atoms. The molecule has 0 unspecified atom stereocenters. The van der Waals surface area contributed by atoms with Gasteiger partial charge in [0.1, 0.15) is 5.75 Å². The van der Waals surface area contributed by atoms with Gasteiger partial charge in [0.2, 0.25) is 5.91 Å². The van der Waals surface area contributed by atoms with Crippen molar-refractivity contribution in [1.29, 1.82) is 0 Å². The summed E-state index contributed by atoms with van der Waals surface area (Å²) in [6.45, 7) is 2.27. The fourth-order valence-corrected chi connectivity index (χ4v) is 4.82. The molecule has 1 amide bonds. The molecule has 0 radical (unpaired) electrons. The van der Waals surface area contributed by atoms with Gasteiger partial charge in [0.25, 0.3) is 0 Å². The zero-order chi connectivity index (χ0) is 28.1. The van der Waals surface area contributed by atoms with Crippen LogP contribution in [0, 0.1) is 0 Å². The third kappa shape index (κ3) is 15.1. The van der Waals surface area contributed by atoms with E-state index in [1.165, 1.54) is 95.6 Å². The molecule has 0 aromatic heterocycles. The van der Waals surface area contributed by atoms with Crippen molar-refractivity contribution in [3.63, 3.8) is 0 Å². The third-order valence-electron chi connectivity index (χ3n) is 6.65. The Morgan fingerprint density at radius 3 is 1.85 bits per heavy atom. The lowest BCUT2D eigenvalue weighted by Crippen LogP contribution is -2.16. The molecule has 0 atom stereocenters. The van der Waals surface area contributed by atoms with Crippen LogP contribution in [0.1, 0.15) is 126 Å². The number of halogens is 2. The maximum Gasteiger partial charge on any atom is 0.345 e. The molecule has 5 nitrogen and oxygen atoms in total. The second-order valence-corrected chi connectivity index (χ2v) is 10.9. The van der Waals surface area contributed by atoms with E-state index in [0.717, 1.165) is 18.4 Å². The van der Waals surface area contributed by atoms with Gasteiger partial charge in [-0.1, -0.05) is 120 Å².